The highest BCUT2D eigenvalue weighted by Crippen LogP contribution is 2.55. The number of rotatable bonds is 1. The molecular formula is C13H19ClF6N2O. The Morgan fingerprint density at radius 2 is 1.65 bits per heavy atom. The van der Waals surface area contributed by atoms with Gasteiger partial charge in [0, 0.05) is 25.0 Å². The Morgan fingerprint density at radius 1 is 1.09 bits per heavy atom. The fourth-order valence-electron chi connectivity index (χ4n) is 3.33. The van der Waals surface area contributed by atoms with Crippen molar-refractivity contribution in [1.82, 2.24) is 4.90 Å². The molecule has 2 aliphatic rings. The van der Waals surface area contributed by atoms with E-state index in [4.69, 9.17) is 5.73 Å². The van der Waals surface area contributed by atoms with Crippen molar-refractivity contribution >= 4 is 18.3 Å². The molecule has 1 saturated carbocycles. The van der Waals surface area contributed by atoms with Gasteiger partial charge in [-0.1, -0.05) is 6.42 Å². The molecule has 23 heavy (non-hydrogen) atoms. The number of carbonyl (C=O) groups is 1. The van der Waals surface area contributed by atoms with E-state index < -0.39 is 49.1 Å². The average molecular weight is 369 g/mol. The number of carbonyl (C=O) groups excluding carboxylic acids is 1. The normalized spacial score (nSPS) is 28.4. The summed E-state index contributed by atoms with van der Waals surface area (Å²) in [7, 11) is 0. The molecule has 2 N–H and O–H groups in total. The van der Waals surface area contributed by atoms with Gasteiger partial charge in [-0.25, -0.2) is 0 Å². The predicted octanol–water partition coefficient (Wildman–Crippen LogP) is 3.27. The van der Waals surface area contributed by atoms with E-state index in [9.17, 15) is 31.1 Å². The van der Waals surface area contributed by atoms with E-state index in [0.717, 1.165) is 6.42 Å². The van der Waals surface area contributed by atoms with E-state index in [1.807, 2.05) is 0 Å². The highest BCUT2D eigenvalue weighted by atomic mass is 35.5. The summed E-state index contributed by atoms with van der Waals surface area (Å²) in [5.74, 6) is -1.20. The molecule has 1 heterocycles. The minimum absolute atomic E-state index is 0. The summed E-state index contributed by atoms with van der Waals surface area (Å²) >= 11 is 0. The van der Waals surface area contributed by atoms with Gasteiger partial charge in [0.2, 0.25) is 5.91 Å². The molecule has 2 unspecified atom stereocenters. The standard InChI is InChI=1S/C13H18F6N2O.ClH/c14-12(15,16)11(13(17,18)19)4-5-21(7-11)10(22)8-2-1-3-9(20)6-8;/h8-9H,1-7,20H2;1H. The molecule has 10 heteroatoms. The summed E-state index contributed by atoms with van der Waals surface area (Å²) in [6.45, 7) is -1.87. The number of likely N-dealkylation sites (tertiary alicyclic amines) is 1. The second kappa shape index (κ2) is 6.66. The molecule has 2 fully saturated rings. The number of nitrogens with two attached hydrogens (primary N) is 1. The zero-order chi connectivity index (χ0) is 16.8. The minimum Gasteiger partial charge on any atom is -0.341 e. The van der Waals surface area contributed by atoms with Crippen molar-refractivity contribution in [3.63, 3.8) is 0 Å². The van der Waals surface area contributed by atoms with Gasteiger partial charge in [-0.3, -0.25) is 4.79 Å². The molecule has 1 amide bonds. The van der Waals surface area contributed by atoms with Crippen LogP contribution in [0.2, 0.25) is 0 Å². The summed E-state index contributed by atoms with van der Waals surface area (Å²) in [5, 5.41) is 0. The van der Waals surface area contributed by atoms with Crippen LogP contribution in [0, 0.1) is 11.3 Å². The quantitative estimate of drug-likeness (QED) is 0.722. The third kappa shape index (κ3) is 3.70. The van der Waals surface area contributed by atoms with Gasteiger partial charge < -0.3 is 10.6 Å². The zero-order valence-corrected chi connectivity index (χ0v) is 13.0. The average Bonchev–Trinajstić information content (AvgIpc) is 2.83. The summed E-state index contributed by atoms with van der Waals surface area (Å²) < 4.78 is 77.8. The van der Waals surface area contributed by atoms with Gasteiger partial charge >= 0.3 is 12.4 Å². The van der Waals surface area contributed by atoms with Crippen molar-refractivity contribution < 1.29 is 31.1 Å². The van der Waals surface area contributed by atoms with Crippen LogP contribution in [-0.2, 0) is 4.79 Å². The van der Waals surface area contributed by atoms with E-state index in [0.29, 0.717) is 24.2 Å². The number of hydrogen-bond acceptors (Lipinski definition) is 2. The fraction of sp³-hybridized carbons (Fsp3) is 0.923. The summed E-state index contributed by atoms with van der Waals surface area (Å²) in [6.07, 6.45) is -9.82. The maximum atomic E-state index is 13.0. The van der Waals surface area contributed by atoms with Crippen molar-refractivity contribution in [1.29, 1.82) is 0 Å². The van der Waals surface area contributed by atoms with E-state index in [2.05, 4.69) is 0 Å². The first-order valence-corrected chi connectivity index (χ1v) is 7.16. The molecule has 1 aliphatic carbocycles. The first-order valence-electron chi connectivity index (χ1n) is 7.16. The van der Waals surface area contributed by atoms with Crippen molar-refractivity contribution in [2.45, 2.75) is 50.5 Å². The van der Waals surface area contributed by atoms with Crippen LogP contribution < -0.4 is 5.73 Å². The Balaban J connectivity index is 0.00000264. The Morgan fingerprint density at radius 3 is 2.09 bits per heavy atom. The molecule has 3 nitrogen and oxygen atoms in total. The van der Waals surface area contributed by atoms with Gasteiger partial charge in [-0.2, -0.15) is 26.3 Å². The fourth-order valence-corrected chi connectivity index (χ4v) is 3.33. The van der Waals surface area contributed by atoms with Crippen LogP contribution in [-0.4, -0.2) is 42.3 Å². The summed E-state index contributed by atoms with van der Waals surface area (Å²) in [6, 6.07) is -0.222. The number of alkyl halides is 6. The molecule has 0 aromatic heterocycles. The Labute approximate surface area is 136 Å². The van der Waals surface area contributed by atoms with Crippen LogP contribution in [0.5, 0.6) is 0 Å². The predicted molar refractivity (Wildman–Crippen MR) is 72.9 cm³/mol. The second-order valence-corrected chi connectivity index (χ2v) is 6.21. The van der Waals surface area contributed by atoms with Crippen LogP contribution in [0.4, 0.5) is 26.3 Å². The Kier molecular flexibility index (Phi) is 5.89. The van der Waals surface area contributed by atoms with Gasteiger partial charge in [0.15, 0.2) is 5.41 Å². The van der Waals surface area contributed by atoms with Crippen LogP contribution in [0.3, 0.4) is 0 Å². The Hall–Kier alpha value is -0.700. The molecule has 2 rings (SSSR count). The third-order valence-corrected chi connectivity index (χ3v) is 4.73. The molecule has 1 saturated heterocycles. The van der Waals surface area contributed by atoms with Crippen molar-refractivity contribution in [3.05, 3.63) is 0 Å². The van der Waals surface area contributed by atoms with Gasteiger partial charge in [-0.15, -0.1) is 12.4 Å². The summed E-state index contributed by atoms with van der Waals surface area (Å²) in [5.41, 5.74) is 1.91. The molecule has 0 bridgehead atoms. The molecule has 0 radical (unpaired) electrons. The molecular weight excluding hydrogens is 350 g/mol. The van der Waals surface area contributed by atoms with Crippen LogP contribution >= 0.6 is 12.4 Å². The number of hydrogen-bond donors (Lipinski definition) is 1. The zero-order valence-electron chi connectivity index (χ0n) is 12.2. The lowest BCUT2D eigenvalue weighted by Gasteiger charge is -2.34. The summed E-state index contributed by atoms with van der Waals surface area (Å²) in [4.78, 5) is 12.9. The smallest absolute Gasteiger partial charge is 0.341 e. The van der Waals surface area contributed by atoms with Crippen LogP contribution in [0.1, 0.15) is 32.1 Å². The van der Waals surface area contributed by atoms with E-state index in [-0.39, 0.29) is 18.4 Å². The lowest BCUT2D eigenvalue weighted by Crippen LogP contribution is -2.52. The van der Waals surface area contributed by atoms with Gasteiger partial charge in [-0.05, 0) is 25.7 Å². The molecule has 136 valence electrons. The number of halogens is 7. The highest BCUT2D eigenvalue weighted by molar-refractivity contribution is 5.85. The van der Waals surface area contributed by atoms with E-state index in [1.54, 1.807) is 0 Å². The molecule has 0 spiro atoms. The molecule has 1 aliphatic heterocycles. The Bertz CT molecular complexity index is 425. The lowest BCUT2D eigenvalue weighted by atomic mass is 9.84. The molecule has 2 atom stereocenters. The second-order valence-electron chi connectivity index (χ2n) is 6.21. The van der Waals surface area contributed by atoms with Crippen molar-refractivity contribution in [3.8, 4) is 0 Å². The number of amides is 1. The maximum Gasteiger partial charge on any atom is 0.404 e. The van der Waals surface area contributed by atoms with E-state index in [1.165, 1.54) is 0 Å². The topological polar surface area (TPSA) is 46.3 Å². The van der Waals surface area contributed by atoms with E-state index >= 15 is 0 Å². The van der Waals surface area contributed by atoms with Crippen molar-refractivity contribution in [2.75, 3.05) is 13.1 Å². The largest absolute Gasteiger partial charge is 0.404 e. The van der Waals surface area contributed by atoms with Gasteiger partial charge in [0.1, 0.15) is 0 Å². The minimum atomic E-state index is -5.43. The third-order valence-electron chi connectivity index (χ3n) is 4.73. The highest BCUT2D eigenvalue weighted by Gasteiger charge is 2.73. The molecule has 0 aromatic rings. The SMILES string of the molecule is Cl.NC1CCCC(C(=O)N2CCC(C(F)(F)F)(C(F)(F)F)C2)C1. The monoisotopic (exact) mass is 368 g/mol. The first-order chi connectivity index (χ1) is 9.98. The first kappa shape index (κ1) is 20.3. The molecule has 0 aromatic carbocycles. The van der Waals surface area contributed by atoms with Crippen LogP contribution in [0.25, 0.3) is 0 Å². The maximum absolute atomic E-state index is 13.0. The van der Waals surface area contributed by atoms with Crippen LogP contribution in [0.15, 0.2) is 0 Å². The number of nitrogens with zero attached hydrogens (tertiary/aromatic N) is 1. The van der Waals surface area contributed by atoms with Gasteiger partial charge in [0.05, 0.1) is 0 Å². The lowest BCUT2D eigenvalue weighted by molar-refractivity contribution is -0.334. The van der Waals surface area contributed by atoms with Crippen molar-refractivity contribution in [2.24, 2.45) is 17.1 Å². The van der Waals surface area contributed by atoms with Gasteiger partial charge in [0.25, 0.3) is 0 Å².